The molecule has 0 unspecified atom stereocenters. The summed E-state index contributed by atoms with van der Waals surface area (Å²) in [7, 11) is 0. The first-order valence-corrected chi connectivity index (χ1v) is 12.2. The summed E-state index contributed by atoms with van der Waals surface area (Å²) in [5.74, 6) is 1.69. The number of unbranched alkanes of at least 4 members (excludes halogenated alkanes) is 1. The van der Waals surface area contributed by atoms with Gasteiger partial charge in [-0.15, -0.1) is 0 Å². The molecule has 2 amide bonds. The molecule has 2 aromatic carbocycles. The molecule has 1 saturated heterocycles. The van der Waals surface area contributed by atoms with Crippen molar-refractivity contribution in [3.05, 3.63) is 84.7 Å². The number of anilines is 1. The van der Waals surface area contributed by atoms with Gasteiger partial charge in [0.25, 0.3) is 0 Å². The van der Waals surface area contributed by atoms with E-state index < -0.39 is 0 Å². The van der Waals surface area contributed by atoms with E-state index in [4.69, 9.17) is 4.74 Å². The Bertz CT molecular complexity index is 1000. The monoisotopic (exact) mass is 458 g/mol. The molecule has 0 aliphatic carbocycles. The van der Waals surface area contributed by atoms with Gasteiger partial charge in [-0.3, -0.25) is 9.88 Å². The number of benzene rings is 2. The predicted molar refractivity (Wildman–Crippen MR) is 136 cm³/mol. The maximum absolute atomic E-state index is 13.0. The molecular formula is C28H34N4O2. The lowest BCUT2D eigenvalue weighted by Gasteiger charge is -2.38. The van der Waals surface area contributed by atoms with E-state index in [-0.39, 0.29) is 12.1 Å². The second-order valence-corrected chi connectivity index (χ2v) is 8.78. The van der Waals surface area contributed by atoms with E-state index in [1.54, 1.807) is 12.4 Å². The van der Waals surface area contributed by atoms with Crippen molar-refractivity contribution in [3.8, 4) is 11.5 Å². The topological polar surface area (TPSA) is 57.7 Å². The average Bonchev–Trinajstić information content (AvgIpc) is 2.88. The van der Waals surface area contributed by atoms with Gasteiger partial charge in [-0.2, -0.15) is 0 Å². The Hall–Kier alpha value is -3.38. The molecule has 4 rings (SSSR count). The van der Waals surface area contributed by atoms with E-state index in [1.807, 2.05) is 59.5 Å². The number of likely N-dealkylation sites (tertiary alicyclic amines) is 1. The van der Waals surface area contributed by atoms with Crippen LogP contribution < -0.4 is 10.1 Å². The van der Waals surface area contributed by atoms with Crippen molar-refractivity contribution in [3.63, 3.8) is 0 Å². The third kappa shape index (κ3) is 6.81. The Morgan fingerprint density at radius 2 is 1.68 bits per heavy atom. The number of nitrogens with one attached hydrogen (secondary N) is 1. The van der Waals surface area contributed by atoms with Crippen molar-refractivity contribution in [1.29, 1.82) is 0 Å². The number of hydrogen-bond acceptors (Lipinski definition) is 4. The smallest absolute Gasteiger partial charge is 0.322 e. The molecule has 0 bridgehead atoms. The highest BCUT2D eigenvalue weighted by Gasteiger charge is 2.27. The van der Waals surface area contributed by atoms with Crippen LogP contribution in [-0.4, -0.2) is 46.5 Å². The van der Waals surface area contributed by atoms with Crippen LogP contribution >= 0.6 is 0 Å². The minimum atomic E-state index is -0.00731. The highest BCUT2D eigenvalue weighted by molar-refractivity contribution is 5.89. The van der Waals surface area contributed by atoms with E-state index in [0.29, 0.717) is 0 Å². The van der Waals surface area contributed by atoms with Gasteiger partial charge in [-0.25, -0.2) is 4.79 Å². The number of nitrogens with zero attached hydrogens (tertiary/aromatic N) is 3. The zero-order valence-corrected chi connectivity index (χ0v) is 19.9. The number of aromatic nitrogens is 1. The van der Waals surface area contributed by atoms with Gasteiger partial charge in [0.1, 0.15) is 11.5 Å². The summed E-state index contributed by atoms with van der Waals surface area (Å²) >= 11 is 0. The zero-order chi connectivity index (χ0) is 23.6. The summed E-state index contributed by atoms with van der Waals surface area (Å²) in [4.78, 5) is 21.6. The van der Waals surface area contributed by atoms with Gasteiger partial charge in [0, 0.05) is 50.3 Å². The van der Waals surface area contributed by atoms with Gasteiger partial charge in [0.15, 0.2) is 0 Å². The van der Waals surface area contributed by atoms with Crippen LogP contribution in [0.5, 0.6) is 11.5 Å². The Labute approximate surface area is 202 Å². The second-order valence-electron chi connectivity index (χ2n) is 8.78. The number of carbonyl (C=O) groups excluding carboxylic acids is 1. The van der Waals surface area contributed by atoms with E-state index in [9.17, 15) is 4.79 Å². The maximum atomic E-state index is 13.0. The molecule has 2 heterocycles. The predicted octanol–water partition coefficient (Wildman–Crippen LogP) is 6.17. The fraction of sp³-hybridized carbons (Fsp3) is 0.357. The number of pyridine rings is 1. The van der Waals surface area contributed by atoms with Crippen LogP contribution in [0.25, 0.3) is 0 Å². The molecule has 1 aromatic heterocycles. The molecule has 0 atom stereocenters. The third-order valence-corrected chi connectivity index (χ3v) is 6.25. The maximum Gasteiger partial charge on any atom is 0.322 e. The van der Waals surface area contributed by atoms with Crippen molar-refractivity contribution >= 4 is 11.7 Å². The van der Waals surface area contributed by atoms with Crippen molar-refractivity contribution in [1.82, 2.24) is 14.8 Å². The highest BCUT2D eigenvalue weighted by Crippen LogP contribution is 2.23. The summed E-state index contributed by atoms with van der Waals surface area (Å²) < 4.78 is 5.90. The number of para-hydroxylation sites is 1. The van der Waals surface area contributed by atoms with Crippen LogP contribution in [0.1, 0.15) is 38.2 Å². The van der Waals surface area contributed by atoms with Crippen LogP contribution in [0.2, 0.25) is 0 Å². The molecule has 6 heteroatoms. The normalized spacial score (nSPS) is 14.5. The molecule has 3 aromatic rings. The van der Waals surface area contributed by atoms with Crippen LogP contribution in [-0.2, 0) is 6.54 Å². The number of piperidine rings is 1. The van der Waals surface area contributed by atoms with E-state index in [2.05, 4.69) is 34.3 Å². The molecule has 1 fully saturated rings. The lowest BCUT2D eigenvalue weighted by molar-refractivity contribution is 0.122. The molecule has 0 radical (unpaired) electrons. The minimum absolute atomic E-state index is 0.00731. The standard InChI is InChI=1S/C28H34N4O2/c1-2-3-19-32(28(33)30-24-13-17-29-18-14-24)25-15-20-31(21-16-25)22-23-9-11-27(12-10-23)34-26-7-5-4-6-8-26/h4-14,17-18,25H,2-3,15-16,19-22H2,1H3,(H,29,30,33). The first-order chi connectivity index (χ1) is 16.7. The van der Waals surface area contributed by atoms with Crippen molar-refractivity contribution in [2.75, 3.05) is 25.0 Å². The van der Waals surface area contributed by atoms with Gasteiger partial charge in [0.05, 0.1) is 0 Å². The van der Waals surface area contributed by atoms with Crippen LogP contribution in [0.4, 0.5) is 10.5 Å². The lowest BCUT2D eigenvalue weighted by Crippen LogP contribution is -2.49. The summed E-state index contributed by atoms with van der Waals surface area (Å²) in [6.07, 6.45) is 7.46. The van der Waals surface area contributed by atoms with Gasteiger partial charge < -0.3 is 15.0 Å². The Balaban J connectivity index is 1.29. The molecule has 34 heavy (non-hydrogen) atoms. The van der Waals surface area contributed by atoms with Gasteiger partial charge in [-0.1, -0.05) is 43.7 Å². The van der Waals surface area contributed by atoms with Crippen LogP contribution in [0.3, 0.4) is 0 Å². The van der Waals surface area contributed by atoms with Crippen molar-refractivity contribution in [2.24, 2.45) is 0 Å². The van der Waals surface area contributed by atoms with Gasteiger partial charge in [0.2, 0.25) is 0 Å². The third-order valence-electron chi connectivity index (χ3n) is 6.25. The van der Waals surface area contributed by atoms with E-state index in [1.165, 1.54) is 5.56 Å². The average molecular weight is 459 g/mol. The second kappa shape index (κ2) is 12.2. The first-order valence-electron chi connectivity index (χ1n) is 12.2. The number of ether oxygens (including phenoxy) is 1. The Morgan fingerprint density at radius 3 is 2.35 bits per heavy atom. The fourth-order valence-corrected chi connectivity index (χ4v) is 4.34. The summed E-state index contributed by atoms with van der Waals surface area (Å²) in [6, 6.07) is 22.1. The highest BCUT2D eigenvalue weighted by atomic mass is 16.5. The molecule has 1 aliphatic rings. The summed E-state index contributed by atoms with van der Waals surface area (Å²) in [5, 5.41) is 3.04. The SMILES string of the molecule is CCCCN(C(=O)Nc1ccncc1)C1CCN(Cc2ccc(Oc3ccccc3)cc2)CC1. The number of rotatable bonds is 9. The Kier molecular flexibility index (Phi) is 8.52. The van der Waals surface area contributed by atoms with Gasteiger partial charge >= 0.3 is 6.03 Å². The summed E-state index contributed by atoms with van der Waals surface area (Å²) in [6.45, 7) is 5.84. The lowest BCUT2D eigenvalue weighted by atomic mass is 10.0. The van der Waals surface area contributed by atoms with Crippen LogP contribution in [0, 0.1) is 0 Å². The molecule has 0 saturated carbocycles. The summed E-state index contributed by atoms with van der Waals surface area (Å²) in [5.41, 5.74) is 2.07. The molecule has 6 nitrogen and oxygen atoms in total. The molecule has 0 spiro atoms. The Morgan fingerprint density at radius 1 is 1.00 bits per heavy atom. The van der Waals surface area contributed by atoms with Crippen molar-refractivity contribution < 1.29 is 9.53 Å². The van der Waals surface area contributed by atoms with Crippen LogP contribution in [0.15, 0.2) is 79.1 Å². The van der Waals surface area contributed by atoms with E-state index in [0.717, 1.165) is 69.0 Å². The number of carbonyl (C=O) groups is 1. The number of amides is 2. The quantitative estimate of drug-likeness (QED) is 0.416. The fourth-order valence-electron chi connectivity index (χ4n) is 4.34. The minimum Gasteiger partial charge on any atom is -0.457 e. The molecule has 1 aliphatic heterocycles. The number of hydrogen-bond donors (Lipinski definition) is 1. The molecule has 1 N–H and O–H groups in total. The molecular weight excluding hydrogens is 424 g/mol. The van der Waals surface area contributed by atoms with Gasteiger partial charge in [-0.05, 0) is 61.2 Å². The largest absolute Gasteiger partial charge is 0.457 e. The number of urea groups is 1. The van der Waals surface area contributed by atoms with Crippen molar-refractivity contribution in [2.45, 2.75) is 45.2 Å². The van der Waals surface area contributed by atoms with E-state index >= 15 is 0 Å². The first kappa shape index (κ1) is 23.8. The zero-order valence-electron chi connectivity index (χ0n) is 19.9. The molecule has 178 valence electrons.